The normalized spacial score (nSPS) is 15.5. The van der Waals surface area contributed by atoms with E-state index in [-0.39, 0.29) is 5.91 Å². The molecule has 1 amide bonds. The second kappa shape index (κ2) is 8.23. The number of benzene rings is 2. The highest BCUT2D eigenvalue weighted by atomic mass is 35.5. The third-order valence-electron chi connectivity index (χ3n) is 4.42. The molecule has 0 spiro atoms. The lowest BCUT2D eigenvalue weighted by atomic mass is 10.2. The maximum Gasteiger partial charge on any atom is 0.338 e. The van der Waals surface area contributed by atoms with E-state index in [4.69, 9.17) is 16.3 Å². The first-order chi connectivity index (χ1) is 12.5. The van der Waals surface area contributed by atoms with Gasteiger partial charge in [0.25, 0.3) is 5.91 Å². The van der Waals surface area contributed by atoms with Crippen LogP contribution in [0.15, 0.2) is 54.6 Å². The van der Waals surface area contributed by atoms with Crippen molar-refractivity contribution >= 4 is 29.2 Å². The molecule has 1 saturated heterocycles. The van der Waals surface area contributed by atoms with Crippen molar-refractivity contribution in [1.82, 2.24) is 4.90 Å². The standard InChI is InChI=1S/C20H21ClN2O3/c1-15(26-20(25)16-7-9-17(21)10-8-16)19(24)23-13-11-22(12-14-23)18-5-3-2-4-6-18/h2-10,15H,11-14H2,1H3/t15-/m1/s1. The van der Waals surface area contributed by atoms with Gasteiger partial charge < -0.3 is 14.5 Å². The van der Waals surface area contributed by atoms with Gasteiger partial charge in [-0.05, 0) is 43.3 Å². The van der Waals surface area contributed by atoms with Crippen LogP contribution in [0.5, 0.6) is 0 Å². The number of rotatable bonds is 4. The fourth-order valence-corrected chi connectivity index (χ4v) is 3.07. The molecule has 1 fully saturated rings. The average Bonchev–Trinajstić information content (AvgIpc) is 2.68. The largest absolute Gasteiger partial charge is 0.449 e. The molecule has 136 valence electrons. The first-order valence-electron chi connectivity index (χ1n) is 8.60. The van der Waals surface area contributed by atoms with Crippen molar-refractivity contribution in [3.8, 4) is 0 Å². The van der Waals surface area contributed by atoms with Gasteiger partial charge in [-0.2, -0.15) is 0 Å². The summed E-state index contributed by atoms with van der Waals surface area (Å²) in [6.07, 6.45) is -0.818. The van der Waals surface area contributed by atoms with Crippen LogP contribution in [0.3, 0.4) is 0 Å². The van der Waals surface area contributed by atoms with Crippen LogP contribution >= 0.6 is 11.6 Å². The molecule has 0 aromatic heterocycles. The van der Waals surface area contributed by atoms with Gasteiger partial charge in [0.05, 0.1) is 5.56 Å². The number of hydrogen-bond donors (Lipinski definition) is 0. The number of amides is 1. The molecule has 1 atom stereocenters. The van der Waals surface area contributed by atoms with E-state index in [1.165, 1.54) is 0 Å². The Morgan fingerprint density at radius 3 is 2.19 bits per heavy atom. The summed E-state index contributed by atoms with van der Waals surface area (Å²) in [4.78, 5) is 28.7. The number of carbonyl (C=O) groups excluding carboxylic acids is 2. The Balaban J connectivity index is 1.53. The van der Waals surface area contributed by atoms with Crippen LogP contribution in [0, 0.1) is 0 Å². The first-order valence-corrected chi connectivity index (χ1v) is 8.98. The summed E-state index contributed by atoms with van der Waals surface area (Å²) >= 11 is 5.81. The number of anilines is 1. The van der Waals surface area contributed by atoms with Crippen LogP contribution in [0.4, 0.5) is 5.69 Å². The number of nitrogens with zero attached hydrogens (tertiary/aromatic N) is 2. The van der Waals surface area contributed by atoms with E-state index in [1.807, 2.05) is 18.2 Å². The lowest BCUT2D eigenvalue weighted by Gasteiger charge is -2.37. The third-order valence-corrected chi connectivity index (χ3v) is 4.68. The quantitative estimate of drug-likeness (QED) is 0.773. The van der Waals surface area contributed by atoms with E-state index >= 15 is 0 Å². The Hall–Kier alpha value is -2.53. The number of esters is 1. The minimum absolute atomic E-state index is 0.167. The van der Waals surface area contributed by atoms with Crippen LogP contribution in [-0.2, 0) is 9.53 Å². The Bertz CT molecular complexity index is 756. The maximum absolute atomic E-state index is 12.6. The summed E-state index contributed by atoms with van der Waals surface area (Å²) in [6.45, 7) is 4.34. The van der Waals surface area contributed by atoms with E-state index in [0.717, 1.165) is 18.8 Å². The number of halogens is 1. The van der Waals surface area contributed by atoms with E-state index < -0.39 is 12.1 Å². The van der Waals surface area contributed by atoms with Crippen molar-refractivity contribution in [2.75, 3.05) is 31.1 Å². The summed E-state index contributed by atoms with van der Waals surface area (Å²) in [5.74, 6) is -0.689. The van der Waals surface area contributed by atoms with Crippen molar-refractivity contribution in [2.45, 2.75) is 13.0 Å². The summed E-state index contributed by atoms with van der Waals surface area (Å²) < 4.78 is 5.32. The molecule has 0 aliphatic carbocycles. The minimum Gasteiger partial charge on any atom is -0.449 e. The molecule has 0 saturated carbocycles. The molecular weight excluding hydrogens is 352 g/mol. The number of piperazine rings is 1. The molecule has 0 unspecified atom stereocenters. The zero-order chi connectivity index (χ0) is 18.5. The molecule has 6 heteroatoms. The summed E-state index contributed by atoms with van der Waals surface area (Å²) in [7, 11) is 0. The topological polar surface area (TPSA) is 49.9 Å². The number of ether oxygens (including phenoxy) is 1. The number of para-hydroxylation sites is 1. The molecule has 1 aliphatic rings. The lowest BCUT2D eigenvalue weighted by Crippen LogP contribution is -2.51. The predicted octanol–water partition coefficient (Wildman–Crippen LogP) is 3.23. The molecule has 2 aromatic carbocycles. The van der Waals surface area contributed by atoms with Gasteiger partial charge in [0, 0.05) is 36.9 Å². The van der Waals surface area contributed by atoms with Crippen molar-refractivity contribution in [3.63, 3.8) is 0 Å². The molecule has 0 bridgehead atoms. The number of hydrogen-bond acceptors (Lipinski definition) is 4. The van der Waals surface area contributed by atoms with Gasteiger partial charge in [-0.1, -0.05) is 29.8 Å². The van der Waals surface area contributed by atoms with Gasteiger partial charge in [-0.3, -0.25) is 4.79 Å². The minimum atomic E-state index is -0.818. The number of carbonyl (C=O) groups is 2. The van der Waals surface area contributed by atoms with Gasteiger partial charge in [-0.15, -0.1) is 0 Å². The average molecular weight is 373 g/mol. The van der Waals surface area contributed by atoms with E-state index in [1.54, 1.807) is 36.1 Å². The summed E-state index contributed by atoms with van der Waals surface area (Å²) in [5, 5.41) is 0.543. The molecule has 1 aliphatic heterocycles. The lowest BCUT2D eigenvalue weighted by molar-refractivity contribution is -0.140. The monoisotopic (exact) mass is 372 g/mol. The smallest absolute Gasteiger partial charge is 0.338 e. The Morgan fingerprint density at radius 1 is 0.962 bits per heavy atom. The highest BCUT2D eigenvalue weighted by Gasteiger charge is 2.27. The molecule has 2 aromatic rings. The van der Waals surface area contributed by atoms with Gasteiger partial charge in [0.1, 0.15) is 0 Å². The molecule has 1 heterocycles. The SMILES string of the molecule is C[C@@H](OC(=O)c1ccc(Cl)cc1)C(=O)N1CCN(c2ccccc2)CC1. The van der Waals surface area contributed by atoms with Crippen LogP contribution in [-0.4, -0.2) is 49.1 Å². The van der Waals surface area contributed by atoms with Gasteiger partial charge in [0.2, 0.25) is 0 Å². The maximum atomic E-state index is 12.6. The van der Waals surface area contributed by atoms with Crippen molar-refractivity contribution in [3.05, 3.63) is 65.2 Å². The van der Waals surface area contributed by atoms with Crippen LogP contribution in [0.25, 0.3) is 0 Å². The first kappa shape index (κ1) is 18.3. The highest BCUT2D eigenvalue weighted by Crippen LogP contribution is 2.17. The van der Waals surface area contributed by atoms with Crippen LogP contribution in [0.1, 0.15) is 17.3 Å². The van der Waals surface area contributed by atoms with Crippen molar-refractivity contribution in [2.24, 2.45) is 0 Å². The molecular formula is C20H21ClN2O3. The van der Waals surface area contributed by atoms with Crippen LogP contribution in [0.2, 0.25) is 5.02 Å². The molecule has 3 rings (SSSR count). The Morgan fingerprint density at radius 2 is 1.58 bits per heavy atom. The van der Waals surface area contributed by atoms with Gasteiger partial charge in [-0.25, -0.2) is 4.79 Å². The molecule has 0 radical (unpaired) electrons. The molecule has 26 heavy (non-hydrogen) atoms. The fourth-order valence-electron chi connectivity index (χ4n) is 2.95. The third kappa shape index (κ3) is 4.35. The molecule has 0 N–H and O–H groups in total. The van der Waals surface area contributed by atoms with E-state index in [2.05, 4.69) is 17.0 Å². The second-order valence-corrected chi connectivity index (χ2v) is 6.64. The van der Waals surface area contributed by atoms with Crippen molar-refractivity contribution < 1.29 is 14.3 Å². The van der Waals surface area contributed by atoms with Gasteiger partial charge in [0.15, 0.2) is 6.10 Å². The summed E-state index contributed by atoms with van der Waals surface area (Å²) in [5.41, 5.74) is 1.53. The van der Waals surface area contributed by atoms with E-state index in [9.17, 15) is 9.59 Å². The fraction of sp³-hybridized carbons (Fsp3) is 0.300. The van der Waals surface area contributed by atoms with Gasteiger partial charge >= 0.3 is 5.97 Å². The zero-order valence-electron chi connectivity index (χ0n) is 14.6. The Labute approximate surface area is 158 Å². The second-order valence-electron chi connectivity index (χ2n) is 6.20. The van der Waals surface area contributed by atoms with E-state index in [0.29, 0.717) is 23.7 Å². The Kier molecular flexibility index (Phi) is 5.78. The zero-order valence-corrected chi connectivity index (χ0v) is 15.4. The highest BCUT2D eigenvalue weighted by molar-refractivity contribution is 6.30. The van der Waals surface area contributed by atoms with Crippen LogP contribution < -0.4 is 4.90 Å². The molecule has 5 nitrogen and oxygen atoms in total. The summed E-state index contributed by atoms with van der Waals surface area (Å²) in [6, 6.07) is 16.5. The van der Waals surface area contributed by atoms with Crippen molar-refractivity contribution in [1.29, 1.82) is 0 Å². The predicted molar refractivity (Wildman–Crippen MR) is 102 cm³/mol.